The Morgan fingerprint density at radius 1 is 1.41 bits per heavy atom. The predicted octanol–water partition coefficient (Wildman–Crippen LogP) is 3.11. The summed E-state index contributed by atoms with van der Waals surface area (Å²) in [5.41, 5.74) is 6.26. The monoisotopic (exact) mass is 314 g/mol. The lowest BCUT2D eigenvalue weighted by Crippen LogP contribution is -2.16. The number of aryl methyl sites for hydroxylation is 1. The fourth-order valence-electron chi connectivity index (χ4n) is 2.19. The van der Waals surface area contributed by atoms with Crippen LogP contribution in [0.3, 0.4) is 0 Å². The van der Waals surface area contributed by atoms with Crippen LogP contribution in [-0.2, 0) is 4.79 Å². The Kier molecular flexibility index (Phi) is 4.97. The predicted molar refractivity (Wildman–Crippen MR) is 86.2 cm³/mol. The largest absolute Gasteiger partial charge is 0.318 e. The highest BCUT2D eigenvalue weighted by Gasteiger charge is 2.09. The second kappa shape index (κ2) is 6.92. The zero-order valence-corrected chi connectivity index (χ0v) is 13.1. The molecular formula is C16H15ClN4O. The van der Waals surface area contributed by atoms with E-state index in [-0.39, 0.29) is 6.42 Å². The third-order valence-corrected chi connectivity index (χ3v) is 3.44. The van der Waals surface area contributed by atoms with Gasteiger partial charge in [0.15, 0.2) is 0 Å². The van der Waals surface area contributed by atoms with Crippen molar-refractivity contribution in [3.8, 4) is 11.8 Å². The number of hydrogen-bond acceptors (Lipinski definition) is 3. The molecule has 0 saturated heterocycles. The number of halogens is 1. The summed E-state index contributed by atoms with van der Waals surface area (Å²) < 4.78 is 2.08. The molecule has 1 heterocycles. The zero-order chi connectivity index (χ0) is 16.1. The van der Waals surface area contributed by atoms with Crippen LogP contribution in [0.5, 0.6) is 0 Å². The molecule has 2 aromatic rings. The molecule has 0 spiro atoms. The summed E-state index contributed by atoms with van der Waals surface area (Å²) in [5, 5.41) is 13.0. The van der Waals surface area contributed by atoms with Crippen molar-refractivity contribution in [1.82, 2.24) is 9.99 Å². The number of hydrogen-bond donors (Lipinski definition) is 1. The van der Waals surface area contributed by atoms with Crippen molar-refractivity contribution in [2.24, 2.45) is 5.10 Å². The van der Waals surface area contributed by atoms with Crippen LogP contribution in [0.1, 0.15) is 23.4 Å². The first-order chi connectivity index (χ1) is 10.5. The molecule has 1 N–H and O–H groups in total. The third kappa shape index (κ3) is 3.54. The van der Waals surface area contributed by atoms with Gasteiger partial charge in [0.05, 0.1) is 12.3 Å². The number of nitrogens with one attached hydrogen (secondary N) is 1. The van der Waals surface area contributed by atoms with E-state index in [0.29, 0.717) is 5.02 Å². The van der Waals surface area contributed by atoms with Gasteiger partial charge in [0.1, 0.15) is 6.42 Å². The molecule has 0 atom stereocenters. The summed E-state index contributed by atoms with van der Waals surface area (Å²) in [6.07, 6.45) is 1.37. The zero-order valence-electron chi connectivity index (χ0n) is 12.3. The Morgan fingerprint density at radius 2 is 2.09 bits per heavy atom. The van der Waals surface area contributed by atoms with Gasteiger partial charge in [0.2, 0.25) is 0 Å². The highest BCUT2D eigenvalue weighted by molar-refractivity contribution is 6.30. The molecule has 112 valence electrons. The maximum absolute atomic E-state index is 11.2. The van der Waals surface area contributed by atoms with Crippen LogP contribution in [-0.4, -0.2) is 16.7 Å². The molecule has 0 aliphatic heterocycles. The Bertz CT molecular complexity index is 754. The first-order valence-electron chi connectivity index (χ1n) is 6.66. The minimum atomic E-state index is -0.426. The molecule has 0 aliphatic rings. The van der Waals surface area contributed by atoms with Gasteiger partial charge in [-0.05, 0) is 44.2 Å². The van der Waals surface area contributed by atoms with Crippen molar-refractivity contribution in [2.45, 2.75) is 20.3 Å². The SMILES string of the molecule is Cc1cc(C=NNC(=O)CC#N)c(C)n1-c1ccc(Cl)cc1. The number of nitriles is 1. The van der Waals surface area contributed by atoms with E-state index in [0.717, 1.165) is 22.6 Å². The number of amides is 1. The normalized spacial score (nSPS) is 10.6. The van der Waals surface area contributed by atoms with Crippen LogP contribution in [0.2, 0.25) is 5.02 Å². The number of carbonyl (C=O) groups is 1. The lowest BCUT2D eigenvalue weighted by molar-refractivity contribution is -0.120. The fraction of sp³-hybridized carbons (Fsp3) is 0.188. The summed E-state index contributed by atoms with van der Waals surface area (Å²) in [4.78, 5) is 11.2. The molecule has 0 unspecified atom stereocenters. The van der Waals surface area contributed by atoms with Crippen LogP contribution in [0.25, 0.3) is 5.69 Å². The number of rotatable bonds is 4. The molecule has 6 heteroatoms. The van der Waals surface area contributed by atoms with Crippen molar-refractivity contribution >= 4 is 23.7 Å². The van der Waals surface area contributed by atoms with E-state index in [1.54, 1.807) is 12.3 Å². The van der Waals surface area contributed by atoms with Gasteiger partial charge in [-0.2, -0.15) is 10.4 Å². The fourth-order valence-corrected chi connectivity index (χ4v) is 2.32. The van der Waals surface area contributed by atoms with Gasteiger partial charge in [0.25, 0.3) is 5.91 Å². The number of nitrogens with zero attached hydrogens (tertiary/aromatic N) is 3. The molecule has 0 radical (unpaired) electrons. The van der Waals surface area contributed by atoms with Gasteiger partial charge < -0.3 is 4.57 Å². The van der Waals surface area contributed by atoms with E-state index < -0.39 is 5.91 Å². The van der Waals surface area contributed by atoms with E-state index in [4.69, 9.17) is 16.9 Å². The van der Waals surface area contributed by atoms with Crippen molar-refractivity contribution in [2.75, 3.05) is 0 Å². The first kappa shape index (κ1) is 15.8. The van der Waals surface area contributed by atoms with Crippen molar-refractivity contribution < 1.29 is 4.79 Å². The molecule has 2 rings (SSSR count). The molecule has 1 amide bonds. The lowest BCUT2D eigenvalue weighted by atomic mass is 10.2. The second-order valence-corrected chi connectivity index (χ2v) is 5.20. The Labute approximate surface area is 133 Å². The summed E-state index contributed by atoms with van der Waals surface area (Å²) in [6, 6.07) is 11.3. The smallest absolute Gasteiger partial charge is 0.254 e. The Balaban J connectivity index is 2.24. The molecule has 0 saturated carbocycles. The molecule has 1 aromatic carbocycles. The van der Waals surface area contributed by atoms with E-state index in [1.165, 1.54) is 0 Å². The average molecular weight is 315 g/mol. The summed E-state index contributed by atoms with van der Waals surface area (Å²) in [6.45, 7) is 3.97. The van der Waals surface area contributed by atoms with Gasteiger partial charge in [-0.25, -0.2) is 5.43 Å². The maximum atomic E-state index is 11.2. The van der Waals surface area contributed by atoms with Gasteiger partial charge in [0, 0.05) is 27.7 Å². The van der Waals surface area contributed by atoms with Crippen molar-refractivity contribution in [3.05, 3.63) is 52.3 Å². The van der Waals surface area contributed by atoms with E-state index in [9.17, 15) is 4.79 Å². The number of hydrazone groups is 1. The second-order valence-electron chi connectivity index (χ2n) is 4.77. The van der Waals surface area contributed by atoms with Crippen LogP contribution in [0, 0.1) is 25.2 Å². The standard InChI is InChI=1S/C16H15ClN4O/c1-11-9-13(10-19-20-16(22)7-8-18)12(2)21(11)15-5-3-14(17)4-6-15/h3-6,9-10H,7H2,1-2H3,(H,20,22). The molecule has 0 aliphatic carbocycles. The highest BCUT2D eigenvalue weighted by Crippen LogP contribution is 2.21. The summed E-state index contributed by atoms with van der Waals surface area (Å²) in [7, 11) is 0. The van der Waals surface area contributed by atoms with Crippen LogP contribution in [0.15, 0.2) is 35.4 Å². The Hall–Kier alpha value is -2.58. The van der Waals surface area contributed by atoms with Crippen molar-refractivity contribution in [3.63, 3.8) is 0 Å². The Morgan fingerprint density at radius 3 is 2.73 bits per heavy atom. The molecule has 5 nitrogen and oxygen atoms in total. The molecule has 22 heavy (non-hydrogen) atoms. The average Bonchev–Trinajstić information content (AvgIpc) is 2.75. The topological polar surface area (TPSA) is 70.2 Å². The lowest BCUT2D eigenvalue weighted by Gasteiger charge is -2.09. The van der Waals surface area contributed by atoms with E-state index >= 15 is 0 Å². The van der Waals surface area contributed by atoms with E-state index in [2.05, 4.69) is 15.1 Å². The number of carbonyl (C=O) groups excluding carboxylic acids is 1. The molecule has 0 bridgehead atoms. The third-order valence-electron chi connectivity index (χ3n) is 3.19. The minimum Gasteiger partial charge on any atom is -0.318 e. The van der Waals surface area contributed by atoms with Crippen LogP contribution < -0.4 is 5.43 Å². The van der Waals surface area contributed by atoms with Gasteiger partial charge in [-0.3, -0.25) is 4.79 Å². The minimum absolute atomic E-state index is 0.207. The van der Waals surface area contributed by atoms with Crippen molar-refractivity contribution in [1.29, 1.82) is 5.26 Å². The maximum Gasteiger partial charge on any atom is 0.254 e. The molecule has 0 fully saturated rings. The first-order valence-corrected chi connectivity index (χ1v) is 7.04. The van der Waals surface area contributed by atoms with E-state index in [1.807, 2.05) is 44.2 Å². The molecular weight excluding hydrogens is 300 g/mol. The summed E-state index contributed by atoms with van der Waals surface area (Å²) >= 11 is 5.91. The van der Waals surface area contributed by atoms with Gasteiger partial charge >= 0.3 is 0 Å². The van der Waals surface area contributed by atoms with Gasteiger partial charge in [-0.15, -0.1) is 0 Å². The summed E-state index contributed by atoms with van der Waals surface area (Å²) in [5.74, 6) is -0.426. The number of aromatic nitrogens is 1. The van der Waals surface area contributed by atoms with Crippen LogP contribution in [0.4, 0.5) is 0 Å². The van der Waals surface area contributed by atoms with Gasteiger partial charge in [-0.1, -0.05) is 11.6 Å². The molecule has 1 aromatic heterocycles. The quantitative estimate of drug-likeness (QED) is 0.696. The highest BCUT2D eigenvalue weighted by atomic mass is 35.5. The van der Waals surface area contributed by atoms with Crippen LogP contribution >= 0.6 is 11.6 Å². The number of benzene rings is 1.